The second-order valence-electron chi connectivity index (χ2n) is 6.33. The molecular weight excluding hydrogens is 324 g/mol. The largest absolute Gasteiger partial charge is 0.309 e. The second kappa shape index (κ2) is 6.37. The maximum absolute atomic E-state index is 14.0. The van der Waals surface area contributed by atoms with Gasteiger partial charge in [-0.2, -0.15) is 0 Å². The first-order valence-corrected chi connectivity index (χ1v) is 8.29. The van der Waals surface area contributed by atoms with Gasteiger partial charge < -0.3 is 4.98 Å². The molecule has 0 amide bonds. The van der Waals surface area contributed by atoms with Gasteiger partial charge in [-0.15, -0.1) is 0 Å². The Morgan fingerprint density at radius 2 is 2.04 bits per heavy atom. The minimum Gasteiger partial charge on any atom is -0.309 e. The summed E-state index contributed by atoms with van der Waals surface area (Å²) >= 11 is 0. The zero-order chi connectivity index (χ0) is 17.4. The Morgan fingerprint density at radius 1 is 1.20 bits per heavy atom. The van der Waals surface area contributed by atoms with E-state index in [1.807, 2.05) is 11.0 Å². The van der Waals surface area contributed by atoms with E-state index in [9.17, 15) is 13.6 Å². The fraction of sp³-hybridized carbons (Fsp3) is 0.263. The van der Waals surface area contributed by atoms with Gasteiger partial charge in [-0.25, -0.2) is 13.8 Å². The molecule has 1 aliphatic heterocycles. The van der Waals surface area contributed by atoms with Gasteiger partial charge in [0.15, 0.2) is 0 Å². The first-order valence-electron chi connectivity index (χ1n) is 8.29. The number of benzene rings is 2. The SMILES string of the molecule is O=c1[nH]c(C2CCCN2Cc2cc(F)ccc2F)nc2ccccc12. The number of likely N-dealkylation sites (tertiary alicyclic amines) is 1. The number of hydrogen-bond acceptors (Lipinski definition) is 3. The molecule has 1 N–H and O–H groups in total. The van der Waals surface area contributed by atoms with Crippen molar-refractivity contribution in [3.05, 3.63) is 75.8 Å². The monoisotopic (exact) mass is 341 g/mol. The zero-order valence-corrected chi connectivity index (χ0v) is 13.5. The molecule has 0 aliphatic carbocycles. The number of nitrogens with zero attached hydrogens (tertiary/aromatic N) is 2. The number of para-hydroxylation sites is 1. The summed E-state index contributed by atoms with van der Waals surface area (Å²) in [6, 6.07) is 10.6. The van der Waals surface area contributed by atoms with Crippen LogP contribution in [0.25, 0.3) is 10.9 Å². The molecule has 2 aromatic carbocycles. The molecule has 4 rings (SSSR count). The number of hydrogen-bond donors (Lipinski definition) is 1. The predicted octanol–water partition coefficient (Wildman–Crippen LogP) is 3.54. The van der Waals surface area contributed by atoms with Crippen LogP contribution < -0.4 is 5.56 Å². The van der Waals surface area contributed by atoms with E-state index in [4.69, 9.17) is 0 Å². The Morgan fingerprint density at radius 3 is 2.92 bits per heavy atom. The standard InChI is InChI=1S/C19H17F2N3O/c20-13-7-8-15(21)12(10-13)11-24-9-3-6-17(24)18-22-16-5-2-1-4-14(16)19(25)23-18/h1-2,4-5,7-8,10,17H,3,6,9,11H2,(H,22,23,25). The first-order chi connectivity index (χ1) is 12.1. The number of fused-ring (bicyclic) bond motifs is 1. The molecule has 0 saturated carbocycles. The van der Waals surface area contributed by atoms with Crippen LogP contribution in [-0.2, 0) is 6.54 Å². The van der Waals surface area contributed by atoms with Crippen LogP contribution in [0.5, 0.6) is 0 Å². The summed E-state index contributed by atoms with van der Waals surface area (Å²) in [6.07, 6.45) is 1.73. The van der Waals surface area contributed by atoms with Crippen molar-refractivity contribution in [1.82, 2.24) is 14.9 Å². The Kier molecular flexibility index (Phi) is 4.05. The summed E-state index contributed by atoms with van der Waals surface area (Å²) in [7, 11) is 0. The van der Waals surface area contributed by atoms with Crippen molar-refractivity contribution in [2.75, 3.05) is 6.54 Å². The van der Waals surface area contributed by atoms with E-state index in [1.54, 1.807) is 18.2 Å². The lowest BCUT2D eigenvalue weighted by Crippen LogP contribution is -2.26. The molecule has 0 radical (unpaired) electrons. The smallest absolute Gasteiger partial charge is 0.258 e. The quantitative estimate of drug-likeness (QED) is 0.793. The number of nitrogens with one attached hydrogen (secondary N) is 1. The highest BCUT2D eigenvalue weighted by Gasteiger charge is 2.29. The molecule has 1 atom stereocenters. The lowest BCUT2D eigenvalue weighted by atomic mass is 10.1. The lowest BCUT2D eigenvalue weighted by molar-refractivity contribution is 0.236. The molecule has 3 aromatic rings. The number of aromatic nitrogens is 2. The van der Waals surface area contributed by atoms with Crippen molar-refractivity contribution >= 4 is 10.9 Å². The molecule has 1 aliphatic rings. The molecule has 1 aromatic heterocycles. The fourth-order valence-electron chi connectivity index (χ4n) is 3.47. The van der Waals surface area contributed by atoms with E-state index < -0.39 is 11.6 Å². The van der Waals surface area contributed by atoms with Crippen LogP contribution in [0.1, 0.15) is 30.3 Å². The second-order valence-corrected chi connectivity index (χ2v) is 6.33. The maximum Gasteiger partial charge on any atom is 0.258 e. The van der Waals surface area contributed by atoms with Gasteiger partial charge >= 0.3 is 0 Å². The summed E-state index contributed by atoms with van der Waals surface area (Å²) < 4.78 is 27.4. The summed E-state index contributed by atoms with van der Waals surface area (Å²) in [5.41, 5.74) is 0.782. The third-order valence-electron chi connectivity index (χ3n) is 4.69. The van der Waals surface area contributed by atoms with Crippen molar-refractivity contribution < 1.29 is 8.78 Å². The minimum absolute atomic E-state index is 0.111. The molecule has 0 spiro atoms. The molecule has 2 heterocycles. The molecule has 128 valence electrons. The molecule has 25 heavy (non-hydrogen) atoms. The van der Waals surface area contributed by atoms with E-state index in [-0.39, 0.29) is 18.1 Å². The average Bonchev–Trinajstić information content (AvgIpc) is 3.06. The highest BCUT2D eigenvalue weighted by atomic mass is 19.1. The molecular formula is C19H17F2N3O. The zero-order valence-electron chi connectivity index (χ0n) is 13.5. The van der Waals surface area contributed by atoms with Crippen LogP contribution in [0.15, 0.2) is 47.3 Å². The van der Waals surface area contributed by atoms with Crippen LogP contribution in [0.2, 0.25) is 0 Å². The van der Waals surface area contributed by atoms with E-state index >= 15 is 0 Å². The van der Waals surface area contributed by atoms with Gasteiger partial charge in [0.1, 0.15) is 17.5 Å². The summed E-state index contributed by atoms with van der Waals surface area (Å²) in [5, 5.41) is 0.548. The van der Waals surface area contributed by atoms with E-state index in [1.165, 1.54) is 6.07 Å². The van der Waals surface area contributed by atoms with Crippen LogP contribution in [0.4, 0.5) is 8.78 Å². The summed E-state index contributed by atoms with van der Waals surface area (Å²) in [5.74, 6) is -0.297. The van der Waals surface area contributed by atoms with Crippen LogP contribution in [-0.4, -0.2) is 21.4 Å². The number of rotatable bonds is 3. The van der Waals surface area contributed by atoms with Gasteiger partial charge in [0.2, 0.25) is 0 Å². The third-order valence-corrected chi connectivity index (χ3v) is 4.69. The number of aromatic amines is 1. The number of halogens is 2. The van der Waals surface area contributed by atoms with Crippen molar-refractivity contribution in [1.29, 1.82) is 0 Å². The average molecular weight is 341 g/mol. The minimum atomic E-state index is -0.454. The Hall–Kier alpha value is -2.60. The fourth-order valence-corrected chi connectivity index (χ4v) is 3.47. The van der Waals surface area contributed by atoms with Crippen molar-refractivity contribution in [3.63, 3.8) is 0 Å². The molecule has 1 fully saturated rings. The van der Waals surface area contributed by atoms with E-state index in [0.29, 0.717) is 22.3 Å². The summed E-state index contributed by atoms with van der Waals surface area (Å²) in [6.45, 7) is 1.03. The molecule has 6 heteroatoms. The van der Waals surface area contributed by atoms with Gasteiger partial charge in [0.05, 0.1) is 16.9 Å². The lowest BCUT2D eigenvalue weighted by Gasteiger charge is -2.24. The molecule has 1 unspecified atom stereocenters. The highest BCUT2D eigenvalue weighted by Crippen LogP contribution is 2.31. The van der Waals surface area contributed by atoms with Crippen LogP contribution >= 0.6 is 0 Å². The van der Waals surface area contributed by atoms with Crippen LogP contribution in [0.3, 0.4) is 0 Å². The topological polar surface area (TPSA) is 49.0 Å². The van der Waals surface area contributed by atoms with Gasteiger partial charge in [-0.3, -0.25) is 9.69 Å². The predicted molar refractivity (Wildman–Crippen MR) is 91.1 cm³/mol. The normalized spacial score (nSPS) is 18.1. The van der Waals surface area contributed by atoms with E-state index in [0.717, 1.165) is 31.5 Å². The third kappa shape index (κ3) is 3.05. The van der Waals surface area contributed by atoms with Crippen molar-refractivity contribution in [3.8, 4) is 0 Å². The molecule has 1 saturated heterocycles. The Labute approximate surface area is 143 Å². The summed E-state index contributed by atoms with van der Waals surface area (Å²) in [4.78, 5) is 21.8. The van der Waals surface area contributed by atoms with Crippen molar-refractivity contribution in [2.45, 2.75) is 25.4 Å². The molecule has 0 bridgehead atoms. The van der Waals surface area contributed by atoms with Crippen LogP contribution in [0, 0.1) is 11.6 Å². The first kappa shape index (κ1) is 15.9. The van der Waals surface area contributed by atoms with Crippen molar-refractivity contribution in [2.24, 2.45) is 0 Å². The van der Waals surface area contributed by atoms with Gasteiger partial charge in [-0.05, 0) is 49.7 Å². The number of H-pyrrole nitrogens is 1. The Bertz CT molecular complexity index is 986. The molecule has 4 nitrogen and oxygen atoms in total. The van der Waals surface area contributed by atoms with Gasteiger partial charge in [-0.1, -0.05) is 12.1 Å². The Balaban J connectivity index is 1.68. The van der Waals surface area contributed by atoms with E-state index in [2.05, 4.69) is 9.97 Å². The van der Waals surface area contributed by atoms with Gasteiger partial charge in [0, 0.05) is 12.1 Å². The highest BCUT2D eigenvalue weighted by molar-refractivity contribution is 5.77. The maximum atomic E-state index is 14.0. The van der Waals surface area contributed by atoms with Gasteiger partial charge in [0.25, 0.3) is 5.56 Å².